The zero-order valence-electron chi connectivity index (χ0n) is 8.50. The van der Waals surface area contributed by atoms with Crippen molar-refractivity contribution < 1.29 is 4.79 Å². The molecule has 1 atom stereocenters. The van der Waals surface area contributed by atoms with Crippen LogP contribution in [0.25, 0.3) is 0 Å². The number of alkyl halides is 1. The van der Waals surface area contributed by atoms with Gasteiger partial charge in [0.15, 0.2) is 0 Å². The number of carbonyl (C=O) groups is 1. The molecule has 0 heterocycles. The van der Waals surface area contributed by atoms with Gasteiger partial charge < -0.3 is 5.32 Å². The average Bonchev–Trinajstić information content (AvgIpc) is 2.29. The third kappa shape index (κ3) is 2.40. The number of hydrogen-bond donors (Lipinski definition) is 1. The molecule has 1 amide bonds. The Morgan fingerprint density at radius 3 is 3.07 bits per heavy atom. The van der Waals surface area contributed by atoms with Gasteiger partial charge in [-0.05, 0) is 30.4 Å². The van der Waals surface area contributed by atoms with Crippen LogP contribution in [-0.2, 0) is 11.2 Å². The largest absolute Gasteiger partial charge is 0.349 e. The number of carbonyl (C=O) groups excluding carboxylic acids is 1. The van der Waals surface area contributed by atoms with Gasteiger partial charge in [0.1, 0.15) is 0 Å². The molecule has 1 aromatic carbocycles. The van der Waals surface area contributed by atoms with E-state index in [1.807, 2.05) is 6.07 Å². The lowest BCUT2D eigenvalue weighted by Crippen LogP contribution is -2.31. The van der Waals surface area contributed by atoms with E-state index in [-0.39, 0.29) is 11.9 Å². The zero-order chi connectivity index (χ0) is 10.7. The smallest absolute Gasteiger partial charge is 0.231 e. The highest BCUT2D eigenvalue weighted by Crippen LogP contribution is 2.29. The predicted molar refractivity (Wildman–Crippen MR) is 64.1 cm³/mol. The predicted octanol–water partition coefficient (Wildman–Crippen LogP) is 2.58. The molecular weight excluding hydrogens is 254 g/mol. The lowest BCUT2D eigenvalue weighted by Gasteiger charge is -2.26. The van der Waals surface area contributed by atoms with Gasteiger partial charge in [0, 0.05) is 0 Å². The molecule has 0 spiro atoms. The maximum absolute atomic E-state index is 11.3. The molecule has 0 radical (unpaired) electrons. The summed E-state index contributed by atoms with van der Waals surface area (Å²) in [6, 6.07) is 8.58. The molecule has 1 unspecified atom stereocenters. The van der Waals surface area contributed by atoms with Crippen LogP contribution in [0.2, 0.25) is 0 Å². The Morgan fingerprint density at radius 2 is 2.27 bits per heavy atom. The minimum absolute atomic E-state index is 0.0664. The van der Waals surface area contributed by atoms with Crippen molar-refractivity contribution in [3.8, 4) is 0 Å². The van der Waals surface area contributed by atoms with Crippen LogP contribution >= 0.6 is 15.9 Å². The molecule has 0 saturated heterocycles. The molecule has 0 saturated carbocycles. The fourth-order valence-corrected chi connectivity index (χ4v) is 2.30. The number of aryl methyl sites for hydroxylation is 1. The van der Waals surface area contributed by atoms with Gasteiger partial charge in [-0.1, -0.05) is 40.2 Å². The molecule has 0 aromatic heterocycles. The Kier molecular flexibility index (Phi) is 3.41. The molecular formula is C12H14BrNO. The van der Waals surface area contributed by atoms with Gasteiger partial charge in [-0.2, -0.15) is 0 Å². The third-order valence-electron chi connectivity index (χ3n) is 2.83. The summed E-state index contributed by atoms with van der Waals surface area (Å²) in [5.41, 5.74) is 2.67. The molecule has 1 aliphatic rings. The van der Waals surface area contributed by atoms with Crippen molar-refractivity contribution >= 4 is 21.8 Å². The third-order valence-corrected chi connectivity index (χ3v) is 3.34. The fourth-order valence-electron chi connectivity index (χ4n) is 2.14. The molecule has 2 rings (SSSR count). The first kappa shape index (κ1) is 10.7. The van der Waals surface area contributed by atoms with Crippen LogP contribution in [0.5, 0.6) is 0 Å². The highest BCUT2D eigenvalue weighted by atomic mass is 79.9. The van der Waals surface area contributed by atoms with E-state index in [4.69, 9.17) is 0 Å². The number of halogens is 1. The molecule has 2 nitrogen and oxygen atoms in total. The molecule has 0 aliphatic heterocycles. The first-order valence-corrected chi connectivity index (χ1v) is 6.36. The van der Waals surface area contributed by atoms with Crippen LogP contribution in [0.4, 0.5) is 0 Å². The monoisotopic (exact) mass is 267 g/mol. The summed E-state index contributed by atoms with van der Waals surface area (Å²) in [7, 11) is 0. The van der Waals surface area contributed by atoms with Gasteiger partial charge in [0.05, 0.1) is 11.4 Å². The summed E-state index contributed by atoms with van der Waals surface area (Å²) in [5, 5.41) is 3.42. The SMILES string of the molecule is O=C(CBr)NC1CCCc2ccccc21. The van der Waals surface area contributed by atoms with Crippen LogP contribution in [0, 0.1) is 0 Å². The van der Waals surface area contributed by atoms with E-state index >= 15 is 0 Å². The molecule has 1 aliphatic carbocycles. The Morgan fingerprint density at radius 1 is 1.47 bits per heavy atom. The van der Waals surface area contributed by atoms with Crippen LogP contribution < -0.4 is 5.32 Å². The normalized spacial score (nSPS) is 19.4. The lowest BCUT2D eigenvalue weighted by atomic mass is 9.88. The second kappa shape index (κ2) is 4.79. The summed E-state index contributed by atoms with van der Waals surface area (Å²) in [5.74, 6) is 0.0664. The molecule has 80 valence electrons. The molecule has 3 heteroatoms. The highest BCUT2D eigenvalue weighted by Gasteiger charge is 2.20. The van der Waals surface area contributed by atoms with Gasteiger partial charge in [-0.3, -0.25) is 4.79 Å². The summed E-state index contributed by atoms with van der Waals surface area (Å²) < 4.78 is 0. The Balaban J connectivity index is 2.18. The molecule has 1 N–H and O–H groups in total. The van der Waals surface area contributed by atoms with Gasteiger partial charge in [-0.25, -0.2) is 0 Å². The molecule has 0 bridgehead atoms. The van der Waals surface area contributed by atoms with Gasteiger partial charge in [-0.15, -0.1) is 0 Å². The highest BCUT2D eigenvalue weighted by molar-refractivity contribution is 9.09. The van der Waals surface area contributed by atoms with Gasteiger partial charge in [0.2, 0.25) is 5.91 Å². The number of fused-ring (bicyclic) bond motifs is 1. The van der Waals surface area contributed by atoms with E-state index in [1.54, 1.807) is 0 Å². The van der Waals surface area contributed by atoms with E-state index in [9.17, 15) is 4.79 Å². The minimum Gasteiger partial charge on any atom is -0.349 e. The van der Waals surface area contributed by atoms with Crippen LogP contribution in [0.15, 0.2) is 24.3 Å². The second-order valence-corrected chi connectivity index (χ2v) is 4.41. The van der Waals surface area contributed by atoms with E-state index in [0.717, 1.165) is 19.3 Å². The number of hydrogen-bond acceptors (Lipinski definition) is 1. The first-order chi connectivity index (χ1) is 7.31. The van der Waals surface area contributed by atoms with E-state index in [2.05, 4.69) is 39.4 Å². The maximum Gasteiger partial charge on any atom is 0.231 e. The molecule has 0 fully saturated rings. The second-order valence-electron chi connectivity index (χ2n) is 3.84. The summed E-state index contributed by atoms with van der Waals surface area (Å²) in [6.45, 7) is 0. The van der Waals surface area contributed by atoms with E-state index < -0.39 is 0 Å². The standard InChI is InChI=1S/C12H14BrNO/c13-8-12(15)14-11-7-3-5-9-4-1-2-6-10(9)11/h1-2,4,6,11H,3,5,7-8H2,(H,14,15). The van der Waals surface area contributed by atoms with E-state index in [0.29, 0.717) is 5.33 Å². The van der Waals surface area contributed by atoms with Crippen molar-refractivity contribution in [1.29, 1.82) is 0 Å². The van der Waals surface area contributed by atoms with Crippen molar-refractivity contribution in [3.05, 3.63) is 35.4 Å². The molecule has 15 heavy (non-hydrogen) atoms. The fraction of sp³-hybridized carbons (Fsp3) is 0.417. The van der Waals surface area contributed by atoms with E-state index in [1.165, 1.54) is 11.1 Å². The lowest BCUT2D eigenvalue weighted by molar-refractivity contribution is -0.119. The van der Waals surface area contributed by atoms with Crippen LogP contribution in [0.1, 0.15) is 30.0 Å². The Hall–Kier alpha value is -0.830. The Labute approximate surface area is 98.2 Å². The maximum atomic E-state index is 11.3. The zero-order valence-corrected chi connectivity index (χ0v) is 10.1. The Bertz CT molecular complexity index is 364. The number of rotatable bonds is 2. The van der Waals surface area contributed by atoms with Crippen LogP contribution in [-0.4, -0.2) is 11.2 Å². The number of nitrogens with one attached hydrogen (secondary N) is 1. The number of benzene rings is 1. The number of amides is 1. The van der Waals surface area contributed by atoms with Gasteiger partial charge in [0.25, 0.3) is 0 Å². The minimum atomic E-state index is 0.0664. The van der Waals surface area contributed by atoms with Crippen LogP contribution in [0.3, 0.4) is 0 Å². The summed E-state index contributed by atoms with van der Waals surface area (Å²) in [4.78, 5) is 11.3. The summed E-state index contributed by atoms with van der Waals surface area (Å²) in [6.07, 6.45) is 3.34. The quantitative estimate of drug-likeness (QED) is 0.821. The summed E-state index contributed by atoms with van der Waals surface area (Å²) >= 11 is 3.17. The van der Waals surface area contributed by atoms with Crippen molar-refractivity contribution in [2.45, 2.75) is 25.3 Å². The van der Waals surface area contributed by atoms with Crippen molar-refractivity contribution in [1.82, 2.24) is 5.32 Å². The van der Waals surface area contributed by atoms with Crippen molar-refractivity contribution in [2.75, 3.05) is 5.33 Å². The van der Waals surface area contributed by atoms with Crippen molar-refractivity contribution in [3.63, 3.8) is 0 Å². The van der Waals surface area contributed by atoms with Crippen molar-refractivity contribution in [2.24, 2.45) is 0 Å². The molecule has 1 aromatic rings. The first-order valence-electron chi connectivity index (χ1n) is 5.24. The average molecular weight is 268 g/mol. The van der Waals surface area contributed by atoms with Gasteiger partial charge >= 0.3 is 0 Å². The topological polar surface area (TPSA) is 29.1 Å².